The molecule has 2 heterocycles. The molecule has 2 aromatic carbocycles. The number of piperidine rings is 1. The molecule has 126 valence electrons. The van der Waals surface area contributed by atoms with Crippen LogP contribution < -0.4 is 15.0 Å². The smallest absolute Gasteiger partial charge is 0.119 e. The van der Waals surface area contributed by atoms with Crippen LogP contribution in [0.5, 0.6) is 5.75 Å². The van der Waals surface area contributed by atoms with Gasteiger partial charge in [0.15, 0.2) is 0 Å². The van der Waals surface area contributed by atoms with Crippen molar-refractivity contribution in [2.45, 2.75) is 25.4 Å². The third-order valence-electron chi connectivity index (χ3n) is 5.19. The Morgan fingerprint density at radius 2 is 1.75 bits per heavy atom. The van der Waals surface area contributed by atoms with Gasteiger partial charge in [0.1, 0.15) is 5.75 Å². The third-order valence-corrected chi connectivity index (χ3v) is 5.19. The number of hydrogen-bond acceptors (Lipinski definition) is 4. The van der Waals surface area contributed by atoms with Gasteiger partial charge in [0, 0.05) is 24.0 Å². The number of hydrogen-bond donors (Lipinski definition) is 1. The van der Waals surface area contributed by atoms with Crippen LogP contribution in [0, 0.1) is 0 Å². The molecule has 0 radical (unpaired) electrons. The number of para-hydroxylation sites is 1. The molecule has 2 aliphatic rings. The van der Waals surface area contributed by atoms with E-state index in [1.807, 2.05) is 12.1 Å². The monoisotopic (exact) mass is 323 g/mol. The summed E-state index contributed by atoms with van der Waals surface area (Å²) in [7, 11) is 1.71. The first kappa shape index (κ1) is 15.5. The summed E-state index contributed by atoms with van der Waals surface area (Å²) >= 11 is 0. The van der Waals surface area contributed by atoms with E-state index in [1.165, 1.54) is 29.8 Å². The first-order valence-corrected chi connectivity index (χ1v) is 8.79. The molecule has 4 nitrogen and oxygen atoms in total. The molecule has 0 amide bonds. The fourth-order valence-corrected chi connectivity index (χ4v) is 3.83. The van der Waals surface area contributed by atoms with Crippen LogP contribution in [-0.4, -0.2) is 37.8 Å². The summed E-state index contributed by atoms with van der Waals surface area (Å²) < 4.78 is 5.31. The van der Waals surface area contributed by atoms with Gasteiger partial charge in [-0.25, -0.2) is 0 Å². The molecular weight excluding hydrogens is 298 g/mol. The highest BCUT2D eigenvalue weighted by atomic mass is 16.5. The molecule has 2 aliphatic heterocycles. The van der Waals surface area contributed by atoms with Gasteiger partial charge < -0.3 is 15.0 Å². The van der Waals surface area contributed by atoms with Gasteiger partial charge in [0.05, 0.1) is 13.8 Å². The fourth-order valence-electron chi connectivity index (χ4n) is 3.83. The van der Waals surface area contributed by atoms with E-state index in [4.69, 9.17) is 4.74 Å². The van der Waals surface area contributed by atoms with Crippen LogP contribution in [0.15, 0.2) is 48.5 Å². The maximum atomic E-state index is 5.31. The zero-order valence-electron chi connectivity index (χ0n) is 14.2. The van der Waals surface area contributed by atoms with Crippen LogP contribution >= 0.6 is 0 Å². The lowest BCUT2D eigenvalue weighted by Crippen LogP contribution is -2.49. The van der Waals surface area contributed by atoms with Gasteiger partial charge in [0.25, 0.3) is 0 Å². The molecule has 0 aromatic heterocycles. The Bertz CT molecular complexity index is 680. The Labute approximate surface area is 144 Å². The highest BCUT2D eigenvalue weighted by Crippen LogP contribution is 2.35. The standard InChI is InChI=1S/C20H25N3O/c1-24-19-8-6-18(7-9-19)23-15-22(17-10-12-21-13-11-17)14-16-4-2-3-5-20(16)23/h2-9,17,21H,10-15H2,1H3. The van der Waals surface area contributed by atoms with E-state index < -0.39 is 0 Å². The number of nitrogens with zero attached hydrogens (tertiary/aromatic N) is 2. The van der Waals surface area contributed by atoms with Gasteiger partial charge in [-0.05, 0) is 61.8 Å². The number of ether oxygens (including phenoxy) is 1. The van der Waals surface area contributed by atoms with E-state index in [-0.39, 0.29) is 0 Å². The summed E-state index contributed by atoms with van der Waals surface area (Å²) in [5, 5.41) is 3.47. The molecule has 1 N–H and O–H groups in total. The van der Waals surface area contributed by atoms with Crippen molar-refractivity contribution in [2.75, 3.05) is 31.8 Å². The Morgan fingerprint density at radius 3 is 2.50 bits per heavy atom. The average Bonchev–Trinajstić information content (AvgIpc) is 2.68. The Hall–Kier alpha value is -2.04. The van der Waals surface area contributed by atoms with E-state index in [0.717, 1.165) is 32.1 Å². The van der Waals surface area contributed by atoms with Crippen LogP contribution in [0.2, 0.25) is 0 Å². The van der Waals surface area contributed by atoms with Crippen molar-refractivity contribution < 1.29 is 4.74 Å². The van der Waals surface area contributed by atoms with E-state index in [0.29, 0.717) is 6.04 Å². The van der Waals surface area contributed by atoms with E-state index in [1.54, 1.807) is 7.11 Å². The summed E-state index contributed by atoms with van der Waals surface area (Å²) in [6, 6.07) is 17.8. The lowest BCUT2D eigenvalue weighted by atomic mass is 10.0. The van der Waals surface area contributed by atoms with Crippen LogP contribution in [0.3, 0.4) is 0 Å². The lowest BCUT2D eigenvalue weighted by Gasteiger charge is -2.43. The van der Waals surface area contributed by atoms with Gasteiger partial charge in [0.2, 0.25) is 0 Å². The molecule has 1 saturated heterocycles. The molecular formula is C20H25N3O. The molecule has 4 rings (SSSR count). The van der Waals surface area contributed by atoms with Crippen molar-refractivity contribution in [1.82, 2.24) is 10.2 Å². The molecule has 24 heavy (non-hydrogen) atoms. The maximum Gasteiger partial charge on any atom is 0.119 e. The van der Waals surface area contributed by atoms with Crippen LogP contribution in [0.25, 0.3) is 0 Å². The van der Waals surface area contributed by atoms with Crippen molar-refractivity contribution in [3.8, 4) is 5.75 Å². The van der Waals surface area contributed by atoms with E-state index in [9.17, 15) is 0 Å². The molecule has 4 heteroatoms. The highest BCUT2D eigenvalue weighted by molar-refractivity contribution is 5.68. The van der Waals surface area contributed by atoms with Gasteiger partial charge in [-0.2, -0.15) is 0 Å². The Morgan fingerprint density at radius 1 is 1.00 bits per heavy atom. The van der Waals surface area contributed by atoms with Gasteiger partial charge in [-0.3, -0.25) is 4.90 Å². The number of anilines is 2. The molecule has 0 saturated carbocycles. The molecule has 1 fully saturated rings. The quantitative estimate of drug-likeness (QED) is 0.937. The van der Waals surface area contributed by atoms with Crippen molar-refractivity contribution in [2.24, 2.45) is 0 Å². The Kier molecular flexibility index (Phi) is 4.41. The molecule has 0 spiro atoms. The van der Waals surface area contributed by atoms with Crippen LogP contribution in [-0.2, 0) is 6.54 Å². The predicted octanol–water partition coefficient (Wildman–Crippen LogP) is 3.36. The molecule has 0 unspecified atom stereocenters. The summed E-state index contributed by atoms with van der Waals surface area (Å²) in [5.74, 6) is 0.902. The minimum Gasteiger partial charge on any atom is -0.497 e. The second kappa shape index (κ2) is 6.83. The number of benzene rings is 2. The second-order valence-electron chi connectivity index (χ2n) is 6.62. The predicted molar refractivity (Wildman–Crippen MR) is 97.9 cm³/mol. The van der Waals surface area contributed by atoms with E-state index >= 15 is 0 Å². The zero-order valence-corrected chi connectivity index (χ0v) is 14.2. The highest BCUT2D eigenvalue weighted by Gasteiger charge is 2.29. The lowest BCUT2D eigenvalue weighted by molar-refractivity contribution is 0.151. The van der Waals surface area contributed by atoms with Gasteiger partial charge in [-0.1, -0.05) is 18.2 Å². The molecule has 0 bridgehead atoms. The largest absolute Gasteiger partial charge is 0.497 e. The molecule has 0 aliphatic carbocycles. The molecule has 2 aromatic rings. The number of rotatable bonds is 3. The number of methoxy groups -OCH3 is 1. The topological polar surface area (TPSA) is 27.7 Å². The van der Waals surface area contributed by atoms with Crippen LogP contribution in [0.4, 0.5) is 11.4 Å². The number of fused-ring (bicyclic) bond motifs is 1. The minimum atomic E-state index is 0.667. The van der Waals surface area contributed by atoms with Gasteiger partial charge in [-0.15, -0.1) is 0 Å². The van der Waals surface area contributed by atoms with Crippen molar-refractivity contribution in [3.05, 3.63) is 54.1 Å². The van der Waals surface area contributed by atoms with Crippen molar-refractivity contribution in [3.63, 3.8) is 0 Å². The summed E-state index contributed by atoms with van der Waals surface area (Å²) in [4.78, 5) is 5.06. The third kappa shape index (κ3) is 2.99. The number of nitrogens with one attached hydrogen (secondary N) is 1. The van der Waals surface area contributed by atoms with Crippen LogP contribution in [0.1, 0.15) is 18.4 Å². The molecule has 0 atom stereocenters. The summed E-state index contributed by atoms with van der Waals surface area (Å²) in [5.41, 5.74) is 3.97. The Balaban J connectivity index is 1.65. The average molecular weight is 323 g/mol. The zero-order chi connectivity index (χ0) is 16.4. The first-order chi connectivity index (χ1) is 11.8. The van der Waals surface area contributed by atoms with E-state index in [2.05, 4.69) is 51.5 Å². The van der Waals surface area contributed by atoms with Crippen molar-refractivity contribution in [1.29, 1.82) is 0 Å². The maximum absolute atomic E-state index is 5.31. The summed E-state index contributed by atoms with van der Waals surface area (Å²) in [6.07, 6.45) is 2.47. The van der Waals surface area contributed by atoms with Gasteiger partial charge >= 0.3 is 0 Å². The fraction of sp³-hybridized carbons (Fsp3) is 0.400. The van der Waals surface area contributed by atoms with Crippen molar-refractivity contribution >= 4 is 11.4 Å². The first-order valence-electron chi connectivity index (χ1n) is 8.79. The second-order valence-corrected chi connectivity index (χ2v) is 6.62. The summed E-state index contributed by atoms with van der Waals surface area (Å²) in [6.45, 7) is 4.26. The minimum absolute atomic E-state index is 0.667. The SMILES string of the molecule is COc1ccc(N2CN(C3CCNCC3)Cc3ccccc32)cc1. The normalized spacial score (nSPS) is 19.1.